The van der Waals surface area contributed by atoms with Crippen molar-refractivity contribution in [2.75, 3.05) is 0 Å². The predicted molar refractivity (Wildman–Crippen MR) is 107 cm³/mol. The zero-order valence-corrected chi connectivity index (χ0v) is 17.4. The summed E-state index contributed by atoms with van der Waals surface area (Å²) >= 11 is 0. The van der Waals surface area contributed by atoms with Gasteiger partial charge in [0.25, 0.3) is 0 Å². The fourth-order valence-electron chi connectivity index (χ4n) is 8.34. The van der Waals surface area contributed by atoms with E-state index in [0.29, 0.717) is 16.7 Å². The van der Waals surface area contributed by atoms with Crippen molar-refractivity contribution in [3.05, 3.63) is 11.6 Å². The van der Waals surface area contributed by atoms with Crippen molar-refractivity contribution >= 4 is 0 Å². The molecule has 0 unspecified atom stereocenters. The van der Waals surface area contributed by atoms with Crippen LogP contribution in [0, 0.1) is 34.5 Å². The van der Waals surface area contributed by atoms with Crippen molar-refractivity contribution in [3.63, 3.8) is 0 Å². The molecule has 2 heteroatoms. The quantitative estimate of drug-likeness (QED) is 0.655. The van der Waals surface area contributed by atoms with Gasteiger partial charge in [0.05, 0.1) is 11.7 Å². The molecule has 4 aliphatic carbocycles. The monoisotopic (exact) mass is 360 g/mol. The topological polar surface area (TPSA) is 40.5 Å². The van der Waals surface area contributed by atoms with E-state index in [2.05, 4.69) is 33.8 Å². The van der Waals surface area contributed by atoms with E-state index in [9.17, 15) is 10.2 Å². The van der Waals surface area contributed by atoms with Gasteiger partial charge in [0.15, 0.2) is 0 Å². The van der Waals surface area contributed by atoms with Crippen molar-refractivity contribution in [3.8, 4) is 0 Å². The second kappa shape index (κ2) is 6.34. The lowest BCUT2D eigenvalue weighted by molar-refractivity contribution is -0.105. The zero-order valence-electron chi connectivity index (χ0n) is 17.4. The second-order valence-corrected chi connectivity index (χ2v) is 10.9. The lowest BCUT2D eigenvalue weighted by Crippen LogP contribution is -2.53. The third-order valence-corrected chi connectivity index (χ3v) is 9.58. The average Bonchev–Trinajstić information content (AvgIpc) is 2.93. The first-order valence-electron chi connectivity index (χ1n) is 11.3. The zero-order chi connectivity index (χ0) is 18.7. The maximum absolute atomic E-state index is 11.2. The van der Waals surface area contributed by atoms with Crippen molar-refractivity contribution < 1.29 is 10.2 Å². The average molecular weight is 361 g/mol. The fraction of sp³-hybridized carbons (Fsp3) is 0.917. The summed E-state index contributed by atoms with van der Waals surface area (Å²) in [4.78, 5) is 0. The third kappa shape index (κ3) is 2.65. The Morgan fingerprint density at radius 1 is 1.12 bits per heavy atom. The molecular formula is C24H40O2. The van der Waals surface area contributed by atoms with Crippen LogP contribution in [-0.4, -0.2) is 21.9 Å². The molecule has 0 aliphatic heterocycles. The molecule has 8 atom stereocenters. The largest absolute Gasteiger partial charge is 0.393 e. The van der Waals surface area contributed by atoms with Crippen LogP contribution in [0.5, 0.6) is 0 Å². The maximum Gasteiger partial charge on any atom is 0.0653 e. The van der Waals surface area contributed by atoms with E-state index in [1.165, 1.54) is 38.5 Å². The van der Waals surface area contributed by atoms with Crippen LogP contribution in [0.1, 0.15) is 91.9 Å². The van der Waals surface area contributed by atoms with Crippen LogP contribution in [-0.2, 0) is 0 Å². The number of allylic oxidation sites excluding steroid dienone is 1. The second-order valence-electron chi connectivity index (χ2n) is 10.9. The summed E-state index contributed by atoms with van der Waals surface area (Å²) in [6.07, 6.45) is 13.8. The van der Waals surface area contributed by atoms with E-state index < -0.39 is 5.60 Å². The van der Waals surface area contributed by atoms with Crippen LogP contribution in [0.3, 0.4) is 0 Å². The Morgan fingerprint density at radius 3 is 2.62 bits per heavy atom. The van der Waals surface area contributed by atoms with Gasteiger partial charge >= 0.3 is 0 Å². The highest BCUT2D eigenvalue weighted by molar-refractivity contribution is 5.25. The number of rotatable bonds is 3. The van der Waals surface area contributed by atoms with Crippen molar-refractivity contribution in [2.45, 2.75) is 104 Å². The van der Waals surface area contributed by atoms with E-state index >= 15 is 0 Å². The summed E-state index contributed by atoms with van der Waals surface area (Å²) < 4.78 is 0. The first-order chi connectivity index (χ1) is 12.2. The third-order valence-electron chi connectivity index (χ3n) is 9.58. The molecule has 0 aromatic rings. The summed E-state index contributed by atoms with van der Waals surface area (Å²) in [5, 5.41) is 21.4. The number of aliphatic hydroxyl groups excluding tert-OH is 1. The first-order valence-corrected chi connectivity index (χ1v) is 11.3. The molecule has 0 heterocycles. The molecule has 4 rings (SSSR count). The lowest BCUT2D eigenvalue weighted by atomic mass is 9.46. The first kappa shape index (κ1) is 19.0. The Hall–Kier alpha value is -0.340. The standard InChI is InChI=1S/C24H40O2/c1-5-12-24(4,26)21-9-8-19-18-7-6-16-15-17(25)10-13-22(16,2)20(18)11-14-23(19,21)3/h6,17-21,25-26H,5,7-15H2,1-4H3/t17-,18-,19-,20-,21-,22-,23-,24-/m0/s1. The van der Waals surface area contributed by atoms with Gasteiger partial charge in [-0.25, -0.2) is 0 Å². The highest BCUT2D eigenvalue weighted by atomic mass is 16.3. The minimum Gasteiger partial charge on any atom is -0.393 e. The summed E-state index contributed by atoms with van der Waals surface area (Å²) in [6, 6.07) is 0. The van der Waals surface area contributed by atoms with Gasteiger partial charge in [0.1, 0.15) is 0 Å². The molecule has 0 spiro atoms. The van der Waals surface area contributed by atoms with Crippen LogP contribution in [0.2, 0.25) is 0 Å². The van der Waals surface area contributed by atoms with Gasteiger partial charge < -0.3 is 10.2 Å². The van der Waals surface area contributed by atoms with E-state index in [1.54, 1.807) is 5.57 Å². The van der Waals surface area contributed by atoms with E-state index in [0.717, 1.165) is 43.4 Å². The molecule has 0 aromatic carbocycles. The molecule has 2 nitrogen and oxygen atoms in total. The van der Waals surface area contributed by atoms with Crippen LogP contribution in [0.4, 0.5) is 0 Å². The number of fused-ring (bicyclic) bond motifs is 5. The minimum absolute atomic E-state index is 0.111. The van der Waals surface area contributed by atoms with Gasteiger partial charge in [-0.3, -0.25) is 0 Å². The molecule has 0 bridgehead atoms. The van der Waals surface area contributed by atoms with Gasteiger partial charge in [0.2, 0.25) is 0 Å². The van der Waals surface area contributed by atoms with Crippen LogP contribution < -0.4 is 0 Å². The van der Waals surface area contributed by atoms with Gasteiger partial charge in [-0.15, -0.1) is 0 Å². The van der Waals surface area contributed by atoms with Gasteiger partial charge in [-0.05, 0) is 99.2 Å². The molecule has 148 valence electrons. The molecule has 2 N–H and O–H groups in total. The van der Waals surface area contributed by atoms with E-state index in [1.807, 2.05) is 0 Å². The van der Waals surface area contributed by atoms with Gasteiger partial charge in [-0.2, -0.15) is 0 Å². The van der Waals surface area contributed by atoms with E-state index in [-0.39, 0.29) is 6.10 Å². The summed E-state index contributed by atoms with van der Waals surface area (Å²) in [7, 11) is 0. The highest BCUT2D eigenvalue weighted by Crippen LogP contribution is 2.67. The normalized spacial score (nSPS) is 50.2. The predicted octanol–water partition coefficient (Wildman–Crippen LogP) is 5.48. The number of aliphatic hydroxyl groups is 2. The van der Waals surface area contributed by atoms with Gasteiger partial charge in [-0.1, -0.05) is 38.8 Å². The smallest absolute Gasteiger partial charge is 0.0653 e. The number of hydrogen-bond acceptors (Lipinski definition) is 2. The Morgan fingerprint density at radius 2 is 1.88 bits per heavy atom. The molecule has 0 saturated heterocycles. The Bertz CT molecular complexity index is 579. The highest BCUT2D eigenvalue weighted by Gasteiger charge is 2.61. The molecule has 0 aromatic heterocycles. The maximum atomic E-state index is 11.2. The number of hydrogen-bond donors (Lipinski definition) is 2. The fourth-order valence-corrected chi connectivity index (χ4v) is 8.34. The molecule has 4 aliphatic rings. The minimum atomic E-state index is -0.500. The summed E-state index contributed by atoms with van der Waals surface area (Å²) in [5.74, 6) is 2.83. The Labute approximate surface area is 160 Å². The van der Waals surface area contributed by atoms with Crippen LogP contribution >= 0.6 is 0 Å². The Kier molecular flexibility index (Phi) is 4.63. The van der Waals surface area contributed by atoms with Gasteiger partial charge in [0, 0.05) is 0 Å². The SMILES string of the molecule is CCC[C@](C)(O)[C@H]1CC[C@H]2[C@@H]3CC=C4C[C@@H](O)CC[C@]4(C)[C@H]3CC[C@@]21C. The molecular weight excluding hydrogens is 320 g/mol. The molecule has 0 radical (unpaired) electrons. The van der Waals surface area contributed by atoms with Crippen LogP contribution in [0.25, 0.3) is 0 Å². The molecule has 26 heavy (non-hydrogen) atoms. The molecule has 3 saturated carbocycles. The summed E-state index contributed by atoms with van der Waals surface area (Å²) in [6.45, 7) is 9.33. The Balaban J connectivity index is 1.62. The molecule has 0 amide bonds. The van der Waals surface area contributed by atoms with Crippen molar-refractivity contribution in [1.29, 1.82) is 0 Å². The van der Waals surface area contributed by atoms with Crippen molar-refractivity contribution in [2.24, 2.45) is 34.5 Å². The summed E-state index contributed by atoms with van der Waals surface area (Å²) in [5.41, 5.74) is 1.71. The van der Waals surface area contributed by atoms with E-state index in [4.69, 9.17) is 0 Å². The van der Waals surface area contributed by atoms with Crippen LogP contribution in [0.15, 0.2) is 11.6 Å². The molecule has 3 fully saturated rings. The lowest BCUT2D eigenvalue weighted by Gasteiger charge is -2.59. The van der Waals surface area contributed by atoms with Crippen molar-refractivity contribution in [1.82, 2.24) is 0 Å².